The predicted molar refractivity (Wildman–Crippen MR) is 61.8 cm³/mol. The molecule has 0 radical (unpaired) electrons. The Kier molecular flexibility index (Phi) is 7.96. The van der Waals surface area contributed by atoms with Crippen molar-refractivity contribution in [1.82, 2.24) is 5.32 Å². The van der Waals surface area contributed by atoms with E-state index in [0.717, 1.165) is 12.8 Å². The Morgan fingerprint density at radius 2 is 2.12 bits per heavy atom. The van der Waals surface area contributed by atoms with Crippen LogP contribution in [0.4, 0.5) is 0 Å². The van der Waals surface area contributed by atoms with Gasteiger partial charge in [-0.3, -0.25) is 4.79 Å². The normalized spacial score (nSPS) is 11.5. The number of carbonyl (C=O) groups is 2. The van der Waals surface area contributed by atoms with Crippen LogP contribution in [0.25, 0.3) is 0 Å². The molecular weight excluding hydrogens is 206 g/mol. The zero-order valence-electron chi connectivity index (χ0n) is 9.66. The second kappa shape index (κ2) is 8.78. The first-order valence-corrected chi connectivity index (χ1v) is 5.57. The first kappa shape index (κ1) is 14.5. The molecule has 0 bridgehead atoms. The molecule has 0 aromatic carbocycles. The van der Waals surface area contributed by atoms with Gasteiger partial charge in [-0.2, -0.15) is 0 Å². The number of carboxylic acids is 1. The van der Waals surface area contributed by atoms with Crippen LogP contribution in [0.5, 0.6) is 0 Å². The third kappa shape index (κ3) is 6.88. The molecule has 0 saturated heterocycles. The van der Waals surface area contributed by atoms with E-state index in [0.29, 0.717) is 25.7 Å². The number of carboxylic acid groups (broad SMARTS) is 1. The molecule has 0 fully saturated rings. The summed E-state index contributed by atoms with van der Waals surface area (Å²) in [6.07, 6.45) is 8.78. The Balaban J connectivity index is 3.83. The molecule has 0 aromatic heterocycles. The van der Waals surface area contributed by atoms with Crippen LogP contribution >= 0.6 is 0 Å². The monoisotopic (exact) mass is 225 g/mol. The number of aliphatic carboxylic acids is 1. The summed E-state index contributed by atoms with van der Waals surface area (Å²) in [5.41, 5.74) is 0. The van der Waals surface area contributed by atoms with Crippen molar-refractivity contribution in [1.29, 1.82) is 0 Å². The Morgan fingerprint density at radius 1 is 1.44 bits per heavy atom. The summed E-state index contributed by atoms with van der Waals surface area (Å²) in [7, 11) is 0. The molecule has 4 heteroatoms. The Labute approximate surface area is 96.4 Å². The number of unbranched alkanes of at least 4 members (excludes halogenated alkanes) is 2. The Bertz CT molecular complexity index is 268. The fourth-order valence-corrected chi connectivity index (χ4v) is 1.33. The van der Waals surface area contributed by atoms with E-state index in [4.69, 9.17) is 11.5 Å². The number of hydrogen-bond donors (Lipinski definition) is 2. The van der Waals surface area contributed by atoms with Crippen molar-refractivity contribution in [2.45, 2.75) is 51.5 Å². The van der Waals surface area contributed by atoms with Crippen LogP contribution in [0.1, 0.15) is 45.4 Å². The van der Waals surface area contributed by atoms with Crippen molar-refractivity contribution in [3.05, 3.63) is 0 Å². The number of terminal acetylenes is 1. The number of nitrogens with one attached hydrogen (secondary N) is 1. The van der Waals surface area contributed by atoms with Crippen LogP contribution in [-0.4, -0.2) is 23.0 Å². The summed E-state index contributed by atoms with van der Waals surface area (Å²) in [6.45, 7) is 1.88. The molecule has 0 unspecified atom stereocenters. The molecule has 2 N–H and O–H groups in total. The third-order valence-corrected chi connectivity index (χ3v) is 2.19. The van der Waals surface area contributed by atoms with Gasteiger partial charge in [0.15, 0.2) is 0 Å². The lowest BCUT2D eigenvalue weighted by molar-refractivity contribution is -0.142. The van der Waals surface area contributed by atoms with Crippen LogP contribution in [0.15, 0.2) is 0 Å². The SMILES string of the molecule is C#CCCCCC(=O)N[C@H](CCC)C(=O)O. The summed E-state index contributed by atoms with van der Waals surface area (Å²) >= 11 is 0. The van der Waals surface area contributed by atoms with E-state index in [1.165, 1.54) is 0 Å². The molecule has 1 amide bonds. The standard InChI is InChI=1S/C12H19NO3/c1-3-5-6-7-9-11(14)13-10(8-4-2)12(15)16/h1,10H,4-9H2,2H3,(H,13,14)(H,15,16)/t10-/m1/s1. The molecular formula is C12H19NO3. The van der Waals surface area contributed by atoms with Crippen LogP contribution < -0.4 is 5.32 Å². The van der Waals surface area contributed by atoms with Crippen molar-refractivity contribution in [3.63, 3.8) is 0 Å². The van der Waals surface area contributed by atoms with Gasteiger partial charge < -0.3 is 10.4 Å². The van der Waals surface area contributed by atoms with Gasteiger partial charge in [-0.1, -0.05) is 13.3 Å². The fourth-order valence-electron chi connectivity index (χ4n) is 1.33. The number of rotatable bonds is 8. The zero-order chi connectivity index (χ0) is 12.4. The van der Waals surface area contributed by atoms with Crippen molar-refractivity contribution >= 4 is 11.9 Å². The van der Waals surface area contributed by atoms with E-state index in [2.05, 4.69) is 11.2 Å². The molecule has 0 saturated carbocycles. The highest BCUT2D eigenvalue weighted by Crippen LogP contribution is 2.01. The zero-order valence-corrected chi connectivity index (χ0v) is 9.66. The Hall–Kier alpha value is -1.50. The summed E-state index contributed by atoms with van der Waals surface area (Å²) in [4.78, 5) is 22.1. The minimum absolute atomic E-state index is 0.210. The van der Waals surface area contributed by atoms with Gasteiger partial charge in [0.05, 0.1) is 0 Å². The van der Waals surface area contributed by atoms with Crippen molar-refractivity contribution < 1.29 is 14.7 Å². The molecule has 0 aliphatic heterocycles. The van der Waals surface area contributed by atoms with E-state index in [9.17, 15) is 9.59 Å². The average Bonchev–Trinajstić information content (AvgIpc) is 2.23. The van der Waals surface area contributed by atoms with Gasteiger partial charge in [-0.15, -0.1) is 12.3 Å². The molecule has 16 heavy (non-hydrogen) atoms. The van der Waals surface area contributed by atoms with E-state index in [1.54, 1.807) is 0 Å². The first-order valence-electron chi connectivity index (χ1n) is 5.57. The van der Waals surface area contributed by atoms with Gasteiger partial charge in [0.1, 0.15) is 6.04 Å². The number of amides is 1. The highest BCUT2D eigenvalue weighted by molar-refractivity contribution is 5.83. The maximum atomic E-state index is 11.4. The minimum Gasteiger partial charge on any atom is -0.480 e. The van der Waals surface area contributed by atoms with E-state index in [-0.39, 0.29) is 5.91 Å². The van der Waals surface area contributed by atoms with Gasteiger partial charge in [0.25, 0.3) is 0 Å². The lowest BCUT2D eigenvalue weighted by Crippen LogP contribution is -2.40. The summed E-state index contributed by atoms with van der Waals surface area (Å²) in [5, 5.41) is 11.3. The highest BCUT2D eigenvalue weighted by atomic mass is 16.4. The number of carbonyl (C=O) groups excluding carboxylic acids is 1. The van der Waals surface area contributed by atoms with Gasteiger partial charge in [-0.05, 0) is 19.3 Å². The fraction of sp³-hybridized carbons (Fsp3) is 0.667. The summed E-state index contributed by atoms with van der Waals surface area (Å²) < 4.78 is 0. The summed E-state index contributed by atoms with van der Waals surface area (Å²) in [6, 6.07) is -0.759. The van der Waals surface area contributed by atoms with Crippen molar-refractivity contribution in [2.24, 2.45) is 0 Å². The van der Waals surface area contributed by atoms with Crippen LogP contribution in [0, 0.1) is 12.3 Å². The van der Waals surface area contributed by atoms with Crippen LogP contribution in [-0.2, 0) is 9.59 Å². The second-order valence-corrected chi connectivity index (χ2v) is 3.66. The minimum atomic E-state index is -0.973. The molecule has 1 atom stereocenters. The largest absolute Gasteiger partial charge is 0.480 e. The molecule has 0 heterocycles. The maximum absolute atomic E-state index is 11.4. The van der Waals surface area contributed by atoms with Crippen molar-refractivity contribution in [3.8, 4) is 12.3 Å². The van der Waals surface area contributed by atoms with E-state index in [1.807, 2.05) is 6.92 Å². The maximum Gasteiger partial charge on any atom is 0.326 e. The molecule has 0 spiro atoms. The molecule has 90 valence electrons. The Morgan fingerprint density at radius 3 is 2.62 bits per heavy atom. The molecule has 0 aromatic rings. The molecule has 4 nitrogen and oxygen atoms in total. The quantitative estimate of drug-likeness (QED) is 0.486. The van der Waals surface area contributed by atoms with E-state index < -0.39 is 12.0 Å². The molecule has 0 aliphatic rings. The van der Waals surface area contributed by atoms with Gasteiger partial charge in [0, 0.05) is 12.8 Å². The van der Waals surface area contributed by atoms with Crippen LogP contribution in [0.3, 0.4) is 0 Å². The highest BCUT2D eigenvalue weighted by Gasteiger charge is 2.17. The second-order valence-electron chi connectivity index (χ2n) is 3.66. The van der Waals surface area contributed by atoms with Gasteiger partial charge in [0.2, 0.25) is 5.91 Å². The van der Waals surface area contributed by atoms with Gasteiger partial charge >= 0.3 is 5.97 Å². The van der Waals surface area contributed by atoms with Crippen LogP contribution in [0.2, 0.25) is 0 Å². The first-order chi connectivity index (χ1) is 7.61. The van der Waals surface area contributed by atoms with Crippen molar-refractivity contribution in [2.75, 3.05) is 0 Å². The summed E-state index contributed by atoms with van der Waals surface area (Å²) in [5.74, 6) is 1.31. The lowest BCUT2D eigenvalue weighted by Gasteiger charge is -2.13. The predicted octanol–water partition coefficient (Wildman–Crippen LogP) is 1.55. The number of hydrogen-bond acceptors (Lipinski definition) is 2. The lowest BCUT2D eigenvalue weighted by atomic mass is 10.1. The third-order valence-electron chi connectivity index (χ3n) is 2.19. The smallest absolute Gasteiger partial charge is 0.326 e. The topological polar surface area (TPSA) is 66.4 Å². The molecule has 0 aliphatic carbocycles. The molecule has 0 rings (SSSR count). The van der Waals surface area contributed by atoms with Gasteiger partial charge in [-0.25, -0.2) is 4.79 Å². The van der Waals surface area contributed by atoms with E-state index >= 15 is 0 Å². The average molecular weight is 225 g/mol.